The molecule has 21 heavy (non-hydrogen) atoms. The summed E-state index contributed by atoms with van der Waals surface area (Å²) in [6, 6.07) is 18.1. The molecule has 1 heterocycles. The minimum absolute atomic E-state index is 0.666. The fraction of sp³-hybridized carbons (Fsp3) is 0.111. The van der Waals surface area contributed by atoms with Gasteiger partial charge >= 0.3 is 0 Å². The zero-order chi connectivity index (χ0) is 14.8. The smallest absolute Gasteiger partial charge is 0.0991 e. The standard InChI is InChI=1S/C18H14N2S/c1-12-13(2)21-17-6-4-3-5-16(17)18(20-12)15-9-7-14(11-19)8-10-15/h3-10H,1-2H3. The normalized spacial score (nSPS) is 14.0. The third-order valence-corrected chi connectivity index (χ3v) is 4.66. The van der Waals surface area contributed by atoms with E-state index in [1.165, 1.54) is 9.80 Å². The quantitative estimate of drug-likeness (QED) is 0.759. The summed E-state index contributed by atoms with van der Waals surface area (Å²) in [6.45, 7) is 4.14. The Kier molecular flexibility index (Phi) is 3.64. The summed E-state index contributed by atoms with van der Waals surface area (Å²) in [6.07, 6.45) is 0. The minimum atomic E-state index is 0.666. The van der Waals surface area contributed by atoms with Gasteiger partial charge in [-0.3, -0.25) is 4.99 Å². The number of nitriles is 1. The Bertz CT molecular complexity index is 793. The van der Waals surface area contributed by atoms with Gasteiger partial charge in [-0.15, -0.1) is 0 Å². The Hall–Kier alpha value is -2.31. The molecule has 0 spiro atoms. The first-order valence-corrected chi connectivity index (χ1v) is 7.54. The number of hydrogen-bond acceptors (Lipinski definition) is 3. The van der Waals surface area contributed by atoms with Crippen molar-refractivity contribution in [3.8, 4) is 6.07 Å². The molecule has 2 nitrogen and oxygen atoms in total. The van der Waals surface area contributed by atoms with Crippen molar-refractivity contribution < 1.29 is 0 Å². The second kappa shape index (κ2) is 5.59. The zero-order valence-electron chi connectivity index (χ0n) is 11.9. The Labute approximate surface area is 128 Å². The van der Waals surface area contributed by atoms with E-state index in [4.69, 9.17) is 10.3 Å². The van der Waals surface area contributed by atoms with Gasteiger partial charge in [-0.25, -0.2) is 0 Å². The molecule has 0 unspecified atom stereocenters. The largest absolute Gasteiger partial charge is 0.252 e. The molecule has 0 radical (unpaired) electrons. The van der Waals surface area contributed by atoms with Gasteiger partial charge in [0.2, 0.25) is 0 Å². The van der Waals surface area contributed by atoms with Crippen LogP contribution in [0.25, 0.3) is 0 Å². The Morgan fingerprint density at radius 2 is 1.71 bits per heavy atom. The van der Waals surface area contributed by atoms with Crippen molar-refractivity contribution in [2.75, 3.05) is 0 Å². The molecule has 102 valence electrons. The molecule has 1 aliphatic heterocycles. The molecule has 0 bridgehead atoms. The molecule has 3 heteroatoms. The number of aliphatic imine (C=N–C) groups is 1. The van der Waals surface area contributed by atoms with E-state index in [0.717, 1.165) is 22.5 Å². The van der Waals surface area contributed by atoms with Crippen LogP contribution in [0.15, 0.2) is 69.0 Å². The molecule has 0 aromatic heterocycles. The zero-order valence-corrected chi connectivity index (χ0v) is 12.7. The van der Waals surface area contributed by atoms with Gasteiger partial charge in [0, 0.05) is 26.6 Å². The van der Waals surface area contributed by atoms with E-state index in [1.807, 2.05) is 37.3 Å². The molecule has 1 aliphatic rings. The first kappa shape index (κ1) is 13.7. The van der Waals surface area contributed by atoms with E-state index in [-0.39, 0.29) is 0 Å². The number of benzene rings is 2. The maximum absolute atomic E-state index is 8.93. The van der Waals surface area contributed by atoms with Gasteiger partial charge in [-0.1, -0.05) is 42.1 Å². The van der Waals surface area contributed by atoms with Crippen LogP contribution in [0.2, 0.25) is 0 Å². The van der Waals surface area contributed by atoms with Crippen LogP contribution in [-0.4, -0.2) is 5.71 Å². The van der Waals surface area contributed by atoms with Gasteiger partial charge in [-0.2, -0.15) is 5.26 Å². The maximum atomic E-state index is 8.93. The molecule has 0 saturated carbocycles. The van der Waals surface area contributed by atoms with Crippen LogP contribution < -0.4 is 0 Å². The lowest BCUT2D eigenvalue weighted by Gasteiger charge is -2.09. The molecule has 3 rings (SSSR count). The average Bonchev–Trinajstić information content (AvgIpc) is 2.65. The van der Waals surface area contributed by atoms with Gasteiger partial charge in [-0.05, 0) is 32.0 Å². The third-order valence-electron chi connectivity index (χ3n) is 3.48. The molecule has 0 saturated heterocycles. The molecule has 2 aromatic rings. The molecule has 0 atom stereocenters. The highest BCUT2D eigenvalue weighted by Crippen LogP contribution is 2.35. The van der Waals surface area contributed by atoms with E-state index in [1.54, 1.807) is 11.8 Å². The predicted molar refractivity (Wildman–Crippen MR) is 87.5 cm³/mol. The molecule has 0 fully saturated rings. The highest BCUT2D eigenvalue weighted by atomic mass is 32.2. The van der Waals surface area contributed by atoms with Crippen LogP contribution in [0, 0.1) is 11.3 Å². The van der Waals surface area contributed by atoms with Crippen LogP contribution in [0.3, 0.4) is 0 Å². The SMILES string of the molecule is CC1=C(C)Sc2ccccc2C(c2ccc(C#N)cc2)=N1. The highest BCUT2D eigenvalue weighted by molar-refractivity contribution is 8.03. The lowest BCUT2D eigenvalue weighted by molar-refractivity contribution is 1.27. The lowest BCUT2D eigenvalue weighted by atomic mass is 10.0. The van der Waals surface area contributed by atoms with Crippen LogP contribution in [0.5, 0.6) is 0 Å². The summed E-state index contributed by atoms with van der Waals surface area (Å²) >= 11 is 1.76. The second-order valence-corrected chi connectivity index (χ2v) is 6.15. The fourth-order valence-corrected chi connectivity index (χ4v) is 3.16. The number of allylic oxidation sites excluding steroid dienone is 2. The van der Waals surface area contributed by atoms with E-state index >= 15 is 0 Å². The summed E-state index contributed by atoms with van der Waals surface area (Å²) in [5.41, 5.74) is 4.85. The van der Waals surface area contributed by atoms with Crippen LogP contribution >= 0.6 is 11.8 Å². The summed E-state index contributed by atoms with van der Waals surface area (Å²) in [5, 5.41) is 8.93. The number of fused-ring (bicyclic) bond motifs is 1. The van der Waals surface area contributed by atoms with Crippen LogP contribution in [0.1, 0.15) is 30.5 Å². The van der Waals surface area contributed by atoms with Crippen molar-refractivity contribution in [2.45, 2.75) is 18.7 Å². The minimum Gasteiger partial charge on any atom is -0.252 e. The van der Waals surface area contributed by atoms with Crippen molar-refractivity contribution in [1.29, 1.82) is 5.26 Å². The maximum Gasteiger partial charge on any atom is 0.0991 e. The molecule has 0 aliphatic carbocycles. The molecular formula is C18H14N2S. The van der Waals surface area contributed by atoms with E-state index in [2.05, 4.69) is 31.2 Å². The summed E-state index contributed by atoms with van der Waals surface area (Å²) in [5.74, 6) is 0. The van der Waals surface area contributed by atoms with Crippen LogP contribution in [0.4, 0.5) is 0 Å². The van der Waals surface area contributed by atoms with Crippen molar-refractivity contribution in [2.24, 2.45) is 4.99 Å². The number of nitrogens with zero attached hydrogens (tertiary/aromatic N) is 2. The van der Waals surface area contributed by atoms with Gasteiger partial charge in [0.15, 0.2) is 0 Å². The second-order valence-electron chi connectivity index (χ2n) is 4.89. The van der Waals surface area contributed by atoms with E-state index < -0.39 is 0 Å². The first-order valence-electron chi connectivity index (χ1n) is 6.73. The van der Waals surface area contributed by atoms with Gasteiger partial charge in [0.25, 0.3) is 0 Å². The molecule has 0 amide bonds. The first-order chi connectivity index (χ1) is 10.2. The van der Waals surface area contributed by atoms with E-state index in [9.17, 15) is 0 Å². The number of hydrogen-bond donors (Lipinski definition) is 0. The van der Waals surface area contributed by atoms with Crippen molar-refractivity contribution in [3.05, 3.63) is 75.8 Å². The lowest BCUT2D eigenvalue weighted by Crippen LogP contribution is -2.04. The van der Waals surface area contributed by atoms with Gasteiger partial charge in [0.05, 0.1) is 17.3 Å². The summed E-state index contributed by atoms with van der Waals surface area (Å²) in [4.78, 5) is 7.25. The Morgan fingerprint density at radius 3 is 2.43 bits per heavy atom. The van der Waals surface area contributed by atoms with Crippen LogP contribution in [-0.2, 0) is 0 Å². The van der Waals surface area contributed by atoms with Crippen molar-refractivity contribution in [1.82, 2.24) is 0 Å². The predicted octanol–water partition coefficient (Wildman–Crippen LogP) is 4.75. The Balaban J connectivity index is 2.19. The fourth-order valence-electron chi connectivity index (χ4n) is 2.22. The summed E-state index contributed by atoms with van der Waals surface area (Å²) < 4.78 is 0. The third kappa shape index (κ3) is 2.63. The van der Waals surface area contributed by atoms with Crippen molar-refractivity contribution in [3.63, 3.8) is 0 Å². The van der Waals surface area contributed by atoms with Gasteiger partial charge < -0.3 is 0 Å². The van der Waals surface area contributed by atoms with Gasteiger partial charge in [0.1, 0.15) is 0 Å². The number of rotatable bonds is 1. The van der Waals surface area contributed by atoms with E-state index in [0.29, 0.717) is 5.56 Å². The monoisotopic (exact) mass is 290 g/mol. The summed E-state index contributed by atoms with van der Waals surface area (Å²) in [7, 11) is 0. The highest BCUT2D eigenvalue weighted by Gasteiger charge is 2.16. The average molecular weight is 290 g/mol. The molecular weight excluding hydrogens is 276 g/mol. The topological polar surface area (TPSA) is 36.1 Å². The molecule has 2 aromatic carbocycles. The number of thioether (sulfide) groups is 1. The van der Waals surface area contributed by atoms with Crippen molar-refractivity contribution >= 4 is 17.5 Å². The Morgan fingerprint density at radius 1 is 1.00 bits per heavy atom. The molecule has 0 N–H and O–H groups in total.